The van der Waals surface area contributed by atoms with Gasteiger partial charge in [0, 0.05) is 0 Å². The Labute approximate surface area is 66.0 Å². The number of unbranched alkanes of at least 4 members (excludes halogenated alkanes) is 1. The molecule has 0 bridgehead atoms. The highest BCUT2D eigenvalue weighted by Gasteiger charge is 2.12. The molecule has 0 aliphatic carbocycles. The van der Waals surface area contributed by atoms with Crippen LogP contribution in [0.5, 0.6) is 0 Å². The molecule has 0 aliphatic heterocycles. The van der Waals surface area contributed by atoms with E-state index in [2.05, 4.69) is 9.78 Å². The van der Waals surface area contributed by atoms with Crippen molar-refractivity contribution in [2.24, 2.45) is 0 Å². The van der Waals surface area contributed by atoms with Gasteiger partial charge in [0.05, 0.1) is 6.61 Å². The van der Waals surface area contributed by atoms with Gasteiger partial charge in [-0.05, 0) is 13.3 Å². The lowest BCUT2D eigenvalue weighted by molar-refractivity contribution is -0.279. The van der Waals surface area contributed by atoms with E-state index in [0.29, 0.717) is 6.61 Å². The van der Waals surface area contributed by atoms with Gasteiger partial charge in [-0.25, -0.2) is 9.90 Å². The smallest absolute Gasteiger partial charge is 0.295 e. The maximum Gasteiger partial charge on any atom is 0.373 e. The van der Waals surface area contributed by atoms with E-state index < -0.39 is 12.1 Å². The van der Waals surface area contributed by atoms with E-state index in [1.54, 1.807) is 0 Å². The summed E-state index contributed by atoms with van der Waals surface area (Å²) in [7, 11) is 0. The van der Waals surface area contributed by atoms with Gasteiger partial charge in [0.1, 0.15) is 0 Å². The van der Waals surface area contributed by atoms with Crippen LogP contribution in [0.15, 0.2) is 0 Å². The van der Waals surface area contributed by atoms with Crippen LogP contribution in [0.4, 0.5) is 0 Å². The molecule has 0 aromatic carbocycles. The summed E-state index contributed by atoms with van der Waals surface area (Å²) in [6.45, 7) is 3.56. The minimum absolute atomic E-state index is 0.356. The molecule has 4 nitrogen and oxygen atoms in total. The molecule has 1 atom stereocenters. The maximum absolute atomic E-state index is 10.4. The van der Waals surface area contributed by atoms with E-state index in [0.717, 1.165) is 12.8 Å². The third kappa shape index (κ3) is 5.82. The van der Waals surface area contributed by atoms with Gasteiger partial charge in [0.25, 0.3) is 0 Å². The van der Waals surface area contributed by atoms with E-state index in [9.17, 15) is 9.90 Å². The Morgan fingerprint density at radius 1 is 1.55 bits per heavy atom. The van der Waals surface area contributed by atoms with Crippen molar-refractivity contribution in [2.45, 2.75) is 32.8 Å². The van der Waals surface area contributed by atoms with Crippen LogP contribution < -0.4 is 0 Å². The van der Waals surface area contributed by atoms with Crippen LogP contribution >= 0.6 is 0 Å². The van der Waals surface area contributed by atoms with Crippen LogP contribution in [-0.2, 0) is 19.7 Å². The summed E-state index contributed by atoms with van der Waals surface area (Å²) in [5, 5.41) is 10.3. The van der Waals surface area contributed by atoms with Crippen molar-refractivity contribution < 1.29 is 19.7 Å². The molecule has 0 fully saturated rings. The van der Waals surface area contributed by atoms with Crippen LogP contribution in [0.2, 0.25) is 0 Å². The van der Waals surface area contributed by atoms with Gasteiger partial charge >= 0.3 is 5.97 Å². The molecule has 0 aliphatic rings. The van der Waals surface area contributed by atoms with Crippen molar-refractivity contribution in [2.75, 3.05) is 6.61 Å². The molecule has 0 rings (SSSR count). The molecule has 0 N–H and O–H groups in total. The lowest BCUT2D eigenvalue weighted by atomic mass is 10.4. The lowest BCUT2D eigenvalue weighted by Gasteiger charge is -2.02. The second-order valence-corrected chi connectivity index (χ2v) is 2.22. The van der Waals surface area contributed by atoms with Crippen molar-refractivity contribution in [1.29, 1.82) is 0 Å². The fourth-order valence-electron chi connectivity index (χ4n) is 0.371. The number of rotatable bonds is 5. The predicted octanol–water partition coefficient (Wildman–Crippen LogP) is 1.08. The summed E-state index contributed by atoms with van der Waals surface area (Å²) >= 11 is 0. The first-order chi connectivity index (χ1) is 5.18. The minimum Gasteiger partial charge on any atom is -0.295 e. The molecule has 1 radical (unpaired) electrons. The molecular formula is C7H13O4. The molecule has 65 valence electrons. The summed E-state index contributed by atoms with van der Waals surface area (Å²) in [4.78, 5) is 19.0. The van der Waals surface area contributed by atoms with E-state index in [1.165, 1.54) is 6.92 Å². The molecular weight excluding hydrogens is 148 g/mol. The summed E-state index contributed by atoms with van der Waals surface area (Å²) in [6.07, 6.45) is 0.419. The normalized spacial score (nSPS) is 12.6. The van der Waals surface area contributed by atoms with Gasteiger partial charge in [-0.3, -0.25) is 4.89 Å². The van der Waals surface area contributed by atoms with E-state index in [-0.39, 0.29) is 0 Å². The van der Waals surface area contributed by atoms with Crippen molar-refractivity contribution >= 4 is 5.97 Å². The molecule has 0 spiro atoms. The van der Waals surface area contributed by atoms with Crippen LogP contribution in [0.1, 0.15) is 26.7 Å². The number of hydrogen-bond donors (Lipinski definition) is 0. The molecule has 0 saturated heterocycles. The Morgan fingerprint density at radius 3 is 2.64 bits per heavy atom. The Bertz CT molecular complexity index is 111. The summed E-state index contributed by atoms with van der Waals surface area (Å²) < 4.78 is 0. The first kappa shape index (κ1) is 10.4. The van der Waals surface area contributed by atoms with Gasteiger partial charge in [-0.15, -0.1) is 0 Å². The predicted molar refractivity (Wildman–Crippen MR) is 37.1 cm³/mol. The highest BCUT2D eigenvalue weighted by molar-refractivity contribution is 5.72. The lowest BCUT2D eigenvalue weighted by Crippen LogP contribution is -2.18. The SMILES string of the molecule is CCCCOOC(=O)C(C)[O]. The van der Waals surface area contributed by atoms with E-state index >= 15 is 0 Å². The zero-order valence-electron chi connectivity index (χ0n) is 6.83. The zero-order chi connectivity index (χ0) is 8.69. The molecule has 0 aromatic heterocycles. The molecule has 0 heterocycles. The molecule has 1 unspecified atom stereocenters. The topological polar surface area (TPSA) is 55.4 Å². The third-order valence-electron chi connectivity index (χ3n) is 1.05. The first-order valence-electron chi connectivity index (χ1n) is 3.67. The van der Waals surface area contributed by atoms with Crippen LogP contribution in [0.25, 0.3) is 0 Å². The zero-order valence-corrected chi connectivity index (χ0v) is 6.83. The third-order valence-corrected chi connectivity index (χ3v) is 1.05. The van der Waals surface area contributed by atoms with Crippen molar-refractivity contribution in [3.63, 3.8) is 0 Å². The summed E-state index contributed by atoms with van der Waals surface area (Å²) in [6, 6.07) is 0. The maximum atomic E-state index is 10.4. The van der Waals surface area contributed by atoms with Gasteiger partial charge in [-0.2, -0.15) is 4.89 Å². The Morgan fingerprint density at radius 2 is 2.18 bits per heavy atom. The summed E-state index contributed by atoms with van der Waals surface area (Å²) in [5.41, 5.74) is 0. The monoisotopic (exact) mass is 161 g/mol. The quantitative estimate of drug-likeness (QED) is 0.344. The second-order valence-electron chi connectivity index (χ2n) is 2.22. The largest absolute Gasteiger partial charge is 0.373 e. The first-order valence-corrected chi connectivity index (χ1v) is 3.67. The Kier molecular flexibility index (Phi) is 5.78. The fraction of sp³-hybridized carbons (Fsp3) is 0.857. The van der Waals surface area contributed by atoms with Gasteiger partial charge < -0.3 is 0 Å². The highest BCUT2D eigenvalue weighted by Crippen LogP contribution is 1.92. The van der Waals surface area contributed by atoms with Gasteiger partial charge in [0.15, 0.2) is 6.10 Å². The Balaban J connectivity index is 3.18. The second kappa shape index (κ2) is 6.12. The van der Waals surface area contributed by atoms with Crippen LogP contribution in [-0.4, -0.2) is 18.7 Å². The summed E-state index contributed by atoms with van der Waals surface area (Å²) in [5.74, 6) is -0.860. The van der Waals surface area contributed by atoms with E-state index in [1.807, 2.05) is 6.92 Å². The molecule has 0 amide bonds. The van der Waals surface area contributed by atoms with Crippen molar-refractivity contribution in [1.82, 2.24) is 0 Å². The average molecular weight is 161 g/mol. The molecule has 4 heteroatoms. The Hall–Kier alpha value is -0.610. The van der Waals surface area contributed by atoms with Crippen molar-refractivity contribution in [3.8, 4) is 0 Å². The highest BCUT2D eigenvalue weighted by atomic mass is 17.2. The molecule has 11 heavy (non-hydrogen) atoms. The minimum atomic E-state index is -1.36. The van der Waals surface area contributed by atoms with Gasteiger partial charge in [-0.1, -0.05) is 13.3 Å². The molecule has 0 aromatic rings. The number of hydrogen-bond acceptors (Lipinski definition) is 3. The fourth-order valence-corrected chi connectivity index (χ4v) is 0.371. The van der Waals surface area contributed by atoms with Crippen LogP contribution in [0, 0.1) is 0 Å². The van der Waals surface area contributed by atoms with Crippen molar-refractivity contribution in [3.05, 3.63) is 0 Å². The standard InChI is InChI=1S/C7H13O4/c1-3-4-5-10-11-7(9)6(2)8/h6H,3-5H2,1-2H3. The number of carbonyl (C=O) groups is 1. The van der Waals surface area contributed by atoms with E-state index in [4.69, 9.17) is 0 Å². The van der Waals surface area contributed by atoms with Gasteiger partial charge in [0.2, 0.25) is 0 Å². The molecule has 0 saturated carbocycles. The average Bonchev–Trinajstić information content (AvgIpc) is 1.97. The van der Waals surface area contributed by atoms with Crippen LogP contribution in [0.3, 0.4) is 0 Å². The number of carbonyl (C=O) groups excluding carboxylic acids is 1.